The van der Waals surface area contributed by atoms with Crippen LogP contribution in [0.3, 0.4) is 0 Å². The van der Waals surface area contributed by atoms with Crippen LogP contribution in [0.2, 0.25) is 0 Å². The zero-order valence-electron chi connectivity index (χ0n) is 3.16. The minimum atomic E-state index is 1.56. The van der Waals surface area contributed by atoms with Gasteiger partial charge in [0, 0.05) is 10.1 Å². The largest absolute Gasteiger partial charge is 0.250 e. The summed E-state index contributed by atoms with van der Waals surface area (Å²) >= 11 is 0. The Kier molecular flexibility index (Phi) is 4.61. The van der Waals surface area contributed by atoms with Gasteiger partial charge in [-0.15, -0.1) is 0 Å². The molecule has 0 aliphatic rings. The fourth-order valence-corrected chi connectivity index (χ4v) is 0.0460. The second kappa shape index (κ2) is 5.20. The summed E-state index contributed by atoms with van der Waals surface area (Å²) < 4.78 is 0. The molecule has 40 valence electrons. The Morgan fingerprint density at radius 2 is 2.14 bits per heavy atom. The van der Waals surface area contributed by atoms with Crippen molar-refractivity contribution in [2.24, 2.45) is 0 Å². The van der Waals surface area contributed by atoms with Crippen molar-refractivity contribution in [3.8, 4) is 12.5 Å². The summed E-state index contributed by atoms with van der Waals surface area (Å²) in [7, 11) is 0. The van der Waals surface area contributed by atoms with E-state index in [0.29, 0.717) is 0 Å². The first-order valence-corrected chi connectivity index (χ1v) is 1.18. The Morgan fingerprint density at radius 1 is 1.43 bits per heavy atom. The molecule has 0 aliphatic heterocycles. The van der Waals surface area contributed by atoms with Gasteiger partial charge in [0.05, 0.1) is 0 Å². The van der Waals surface area contributed by atoms with E-state index in [1.165, 1.54) is 0 Å². The van der Waals surface area contributed by atoms with Gasteiger partial charge in [-0.2, -0.15) is 0 Å². The molecule has 0 rings (SSSR count). The molecule has 5 nitrogen and oxygen atoms in total. The predicted octanol–water partition coefficient (Wildman–Crippen LogP) is -0.139. The van der Waals surface area contributed by atoms with Crippen molar-refractivity contribution in [1.29, 1.82) is 0 Å². The van der Waals surface area contributed by atoms with Crippen molar-refractivity contribution in [2.75, 3.05) is 0 Å². The van der Waals surface area contributed by atoms with Gasteiger partial charge in [-0.1, -0.05) is 6.42 Å². The van der Waals surface area contributed by atoms with Crippen molar-refractivity contribution >= 4 is 0 Å². The lowest BCUT2D eigenvalue weighted by Crippen LogP contribution is -1.89. The molecule has 0 saturated heterocycles. The van der Waals surface area contributed by atoms with E-state index < -0.39 is 0 Å². The van der Waals surface area contributed by atoms with Crippen LogP contribution >= 0.6 is 0 Å². The van der Waals surface area contributed by atoms with E-state index in [1.807, 2.05) is 0 Å². The molecule has 0 aromatic carbocycles. The Bertz CT molecular complexity index is 63.0. The predicted molar refractivity (Wildman–Crippen MR) is 15.8 cm³/mol. The summed E-state index contributed by atoms with van der Waals surface area (Å²) in [5, 5.41) is 16.9. The lowest BCUT2D eigenvalue weighted by Gasteiger charge is -1.86. The molecule has 0 aromatic rings. The Labute approximate surface area is 39.1 Å². The SMILES string of the molecule is C#COOOOO. The van der Waals surface area contributed by atoms with Crippen LogP contribution in [0.4, 0.5) is 0 Å². The van der Waals surface area contributed by atoms with Gasteiger partial charge in [0.25, 0.3) is 0 Å². The fourth-order valence-electron chi connectivity index (χ4n) is 0.0460. The molecule has 0 heterocycles. The van der Waals surface area contributed by atoms with Crippen LogP contribution in [0, 0.1) is 12.5 Å². The van der Waals surface area contributed by atoms with E-state index >= 15 is 0 Å². The molecule has 7 heavy (non-hydrogen) atoms. The molecule has 0 atom stereocenters. The van der Waals surface area contributed by atoms with E-state index in [9.17, 15) is 0 Å². The molecule has 0 radical (unpaired) electrons. The molecule has 1 N–H and O–H groups in total. The van der Waals surface area contributed by atoms with E-state index in [1.54, 1.807) is 6.11 Å². The minimum Gasteiger partial charge on any atom is -0.250 e. The van der Waals surface area contributed by atoms with Crippen molar-refractivity contribution in [1.82, 2.24) is 0 Å². The molecule has 0 unspecified atom stereocenters. The maximum absolute atomic E-state index is 7.30. The van der Waals surface area contributed by atoms with Crippen LogP contribution in [0.5, 0.6) is 0 Å². The van der Waals surface area contributed by atoms with E-state index in [0.717, 1.165) is 0 Å². The number of rotatable bonds is 3. The summed E-state index contributed by atoms with van der Waals surface area (Å²) in [5.74, 6) is 0. The molecule has 0 aliphatic carbocycles. The number of terminal acetylenes is 1. The smallest absolute Gasteiger partial charge is 0.157 e. The summed E-state index contributed by atoms with van der Waals surface area (Å²) in [6, 6.07) is 0. The van der Waals surface area contributed by atoms with Crippen LogP contribution in [-0.4, -0.2) is 5.26 Å². The van der Waals surface area contributed by atoms with E-state index in [-0.39, 0.29) is 0 Å². The third-order valence-corrected chi connectivity index (χ3v) is 0.140. The molecular weight excluding hydrogens is 104 g/mol. The van der Waals surface area contributed by atoms with Crippen LogP contribution in [0.25, 0.3) is 0 Å². The average molecular weight is 106 g/mol. The molecular formula is C2H2O5. The lowest BCUT2D eigenvalue weighted by molar-refractivity contribution is -0.691. The molecule has 5 heteroatoms. The van der Waals surface area contributed by atoms with Gasteiger partial charge in [0.15, 0.2) is 6.11 Å². The van der Waals surface area contributed by atoms with Gasteiger partial charge in [-0.05, 0) is 5.04 Å². The Morgan fingerprint density at radius 3 is 2.57 bits per heavy atom. The second-order valence-corrected chi connectivity index (χ2v) is 0.412. The van der Waals surface area contributed by atoms with E-state index in [4.69, 9.17) is 5.26 Å². The first kappa shape index (κ1) is 6.20. The number of hydrogen-bond acceptors (Lipinski definition) is 5. The standard InChI is InChI=1S/C2H2O5/c1-2-4-6-7-5-3/h1,3H. The summed E-state index contributed by atoms with van der Waals surface area (Å²) in [6.07, 6.45) is 6.02. The van der Waals surface area contributed by atoms with Crippen LogP contribution in [0.1, 0.15) is 0 Å². The average Bonchev–Trinajstić information content (AvgIpc) is 1.69. The highest BCUT2D eigenvalue weighted by atomic mass is 17.7. The zero-order chi connectivity index (χ0) is 5.54. The first-order chi connectivity index (χ1) is 3.41. The third-order valence-electron chi connectivity index (χ3n) is 0.140. The Hall–Kier alpha value is -0.800. The quantitative estimate of drug-likeness (QED) is 0.235. The van der Waals surface area contributed by atoms with Gasteiger partial charge < -0.3 is 0 Å². The summed E-state index contributed by atoms with van der Waals surface area (Å²) in [5.41, 5.74) is 0. The van der Waals surface area contributed by atoms with Crippen molar-refractivity contribution < 1.29 is 25.3 Å². The number of hydrogen-bond donors (Lipinski definition) is 1. The molecule has 0 saturated carbocycles. The maximum Gasteiger partial charge on any atom is 0.157 e. The fraction of sp³-hybridized carbons (Fsp3) is 0. The van der Waals surface area contributed by atoms with Crippen molar-refractivity contribution in [3.05, 3.63) is 0 Å². The normalized spacial score (nSPS) is 7.43. The highest BCUT2D eigenvalue weighted by Gasteiger charge is 1.78. The molecule has 0 aromatic heterocycles. The highest BCUT2D eigenvalue weighted by molar-refractivity contribution is 4.64. The van der Waals surface area contributed by atoms with Gasteiger partial charge in [-0.3, -0.25) is 4.89 Å². The monoisotopic (exact) mass is 106 g/mol. The molecule has 0 fully saturated rings. The lowest BCUT2D eigenvalue weighted by atomic mass is 11.3. The van der Waals surface area contributed by atoms with E-state index in [2.05, 4.69) is 26.4 Å². The second-order valence-electron chi connectivity index (χ2n) is 0.412. The van der Waals surface area contributed by atoms with Crippen molar-refractivity contribution in [2.45, 2.75) is 0 Å². The molecule has 0 amide bonds. The van der Waals surface area contributed by atoms with Crippen LogP contribution in [-0.2, 0) is 20.0 Å². The van der Waals surface area contributed by atoms with Gasteiger partial charge in [0.2, 0.25) is 0 Å². The van der Waals surface area contributed by atoms with Crippen LogP contribution in [0.15, 0.2) is 0 Å². The van der Waals surface area contributed by atoms with Gasteiger partial charge >= 0.3 is 0 Å². The highest BCUT2D eigenvalue weighted by Crippen LogP contribution is 1.74. The minimum absolute atomic E-state index is 1.56. The summed E-state index contributed by atoms with van der Waals surface area (Å²) in [4.78, 5) is 3.59. The maximum atomic E-state index is 7.30. The first-order valence-electron chi connectivity index (χ1n) is 1.18. The Balaban J connectivity index is 2.60. The third kappa shape index (κ3) is 5.20. The zero-order valence-corrected chi connectivity index (χ0v) is 3.16. The molecule has 0 spiro atoms. The van der Waals surface area contributed by atoms with Gasteiger partial charge in [0.1, 0.15) is 0 Å². The molecule has 0 bridgehead atoms. The van der Waals surface area contributed by atoms with Gasteiger partial charge in [-0.25, -0.2) is 5.26 Å². The topological polar surface area (TPSA) is 57.2 Å². The summed E-state index contributed by atoms with van der Waals surface area (Å²) in [6.45, 7) is 0. The van der Waals surface area contributed by atoms with Crippen molar-refractivity contribution in [3.63, 3.8) is 0 Å². The van der Waals surface area contributed by atoms with Crippen LogP contribution < -0.4 is 0 Å².